The van der Waals surface area contributed by atoms with E-state index in [1.54, 1.807) is 17.0 Å². The molecule has 2 saturated heterocycles. The molecule has 4 aliphatic heterocycles. The van der Waals surface area contributed by atoms with Crippen molar-refractivity contribution in [2.24, 2.45) is 11.8 Å². The van der Waals surface area contributed by atoms with Gasteiger partial charge in [0, 0.05) is 6.54 Å². The third-order valence-electron chi connectivity index (χ3n) is 8.92. The first-order valence-electron chi connectivity index (χ1n) is 14.6. The molecule has 0 saturated carbocycles. The number of anilines is 1. The van der Waals surface area contributed by atoms with E-state index in [-0.39, 0.29) is 25.7 Å². The molecule has 6 rings (SSSR count). The topological polar surface area (TPSA) is 96.4 Å². The predicted molar refractivity (Wildman–Crippen MR) is 158 cm³/mol. The van der Waals surface area contributed by atoms with Crippen LogP contribution in [0.25, 0.3) is 0 Å². The third-order valence-corrected chi connectivity index (χ3v) is 9.22. The summed E-state index contributed by atoms with van der Waals surface area (Å²) in [7, 11) is 0. The molecular weight excluding hydrogens is 556 g/mol. The van der Waals surface area contributed by atoms with Gasteiger partial charge in [-0.2, -0.15) is 0 Å². The van der Waals surface area contributed by atoms with Gasteiger partial charge in [0.05, 0.1) is 42.0 Å². The maximum absolute atomic E-state index is 14.8. The van der Waals surface area contributed by atoms with E-state index in [0.29, 0.717) is 17.1 Å². The number of aliphatic hydroxyl groups excluding tert-OH is 1. The van der Waals surface area contributed by atoms with Crippen molar-refractivity contribution < 1.29 is 29.0 Å². The van der Waals surface area contributed by atoms with Crippen molar-refractivity contribution >= 4 is 35.1 Å². The number of rotatable bonds is 5. The van der Waals surface area contributed by atoms with Crippen molar-refractivity contribution in [2.45, 2.75) is 56.4 Å². The lowest BCUT2D eigenvalue weighted by Crippen LogP contribution is -2.58. The molecule has 2 amide bonds. The number of carbonyl (C=O) groups excluding carboxylic acids is 3. The lowest BCUT2D eigenvalue weighted by molar-refractivity contribution is -0.155. The number of carbonyl (C=O) groups is 3. The first-order chi connectivity index (χ1) is 20.4. The van der Waals surface area contributed by atoms with Crippen LogP contribution in [-0.4, -0.2) is 71.3 Å². The van der Waals surface area contributed by atoms with Crippen LogP contribution in [0.5, 0.6) is 0 Å². The van der Waals surface area contributed by atoms with Gasteiger partial charge < -0.3 is 24.4 Å². The number of hydrogen-bond acceptors (Lipinski definition) is 6. The van der Waals surface area contributed by atoms with Crippen molar-refractivity contribution in [3.63, 3.8) is 0 Å². The van der Waals surface area contributed by atoms with E-state index in [9.17, 15) is 19.5 Å². The number of halogens is 1. The number of nitrogens with zero attached hydrogens (tertiary/aromatic N) is 2. The minimum atomic E-state index is -1.44. The molecule has 1 spiro atoms. The van der Waals surface area contributed by atoms with E-state index >= 15 is 0 Å². The van der Waals surface area contributed by atoms with Crippen LogP contribution in [0.1, 0.15) is 30.4 Å². The average molecular weight is 591 g/mol. The van der Waals surface area contributed by atoms with E-state index in [4.69, 9.17) is 21.1 Å². The van der Waals surface area contributed by atoms with Crippen LogP contribution < -0.4 is 4.90 Å². The molecule has 0 bridgehead atoms. The number of amides is 2. The van der Waals surface area contributed by atoms with Crippen molar-refractivity contribution in [3.05, 3.63) is 89.0 Å². The van der Waals surface area contributed by atoms with Crippen LogP contribution in [0, 0.1) is 18.8 Å². The third kappa shape index (κ3) is 4.75. The van der Waals surface area contributed by atoms with E-state index in [2.05, 4.69) is 0 Å². The Hall–Kier alpha value is -3.46. The molecule has 8 nitrogen and oxygen atoms in total. The fourth-order valence-electron chi connectivity index (χ4n) is 7.05. The summed E-state index contributed by atoms with van der Waals surface area (Å²) in [6.45, 7) is 1.97. The molecule has 220 valence electrons. The Balaban J connectivity index is 1.49. The standard InChI is InChI=1S/C33H35ClN2O6/c1-21-11-9-14-24(34)28(21)35-17-10-16-33-27(26-25(42-33)15-7-2-3-8-18-41-32(26)40)30(38)36(29(33)31(35)39)23(20-37)19-22-12-5-4-6-13-22/h4-7,9-16,23,25-27,29,37H,2-3,8,17-20H2,1H3/b15-7-/t23-,25+,26-,27+,29?,33+/m1/s1. The number of cyclic esters (lactones) is 1. The Labute approximate surface area is 250 Å². The number of allylic oxidation sites excluding steroid dienone is 1. The van der Waals surface area contributed by atoms with Gasteiger partial charge in [-0.05, 0) is 49.8 Å². The number of esters is 1. The first kappa shape index (κ1) is 28.6. The number of aryl methyl sites for hydroxylation is 1. The van der Waals surface area contributed by atoms with Crippen molar-refractivity contribution in [3.8, 4) is 0 Å². The highest BCUT2D eigenvalue weighted by Gasteiger charge is 2.72. The number of para-hydroxylation sites is 1. The maximum Gasteiger partial charge on any atom is 0.312 e. The molecule has 6 atom stereocenters. The molecule has 2 fully saturated rings. The number of aliphatic hydroxyl groups is 1. The van der Waals surface area contributed by atoms with E-state index in [0.717, 1.165) is 30.4 Å². The molecule has 4 heterocycles. The number of likely N-dealkylation sites (tertiary alicyclic amines) is 1. The van der Waals surface area contributed by atoms with Crippen LogP contribution in [0.15, 0.2) is 72.8 Å². The lowest BCUT2D eigenvalue weighted by atomic mass is 9.78. The average Bonchev–Trinajstić information content (AvgIpc) is 3.38. The van der Waals surface area contributed by atoms with Gasteiger partial charge in [-0.3, -0.25) is 14.4 Å². The van der Waals surface area contributed by atoms with Crippen LogP contribution in [0.2, 0.25) is 5.02 Å². The summed E-state index contributed by atoms with van der Waals surface area (Å²) in [5.74, 6) is -3.21. The fourth-order valence-corrected chi connectivity index (χ4v) is 7.38. The van der Waals surface area contributed by atoms with Gasteiger partial charge in [-0.1, -0.05) is 78.4 Å². The van der Waals surface area contributed by atoms with Crippen LogP contribution in [0.4, 0.5) is 5.69 Å². The molecule has 4 aliphatic rings. The smallest absolute Gasteiger partial charge is 0.312 e. The second kappa shape index (κ2) is 11.7. The number of hydrogen-bond donors (Lipinski definition) is 1. The molecule has 42 heavy (non-hydrogen) atoms. The minimum Gasteiger partial charge on any atom is -0.465 e. The zero-order valence-electron chi connectivity index (χ0n) is 23.5. The van der Waals surface area contributed by atoms with E-state index in [1.165, 1.54) is 4.90 Å². The SMILES string of the molecule is Cc1cccc(Cl)c1N1CC=C[C@]23O[C@H]4/C=C\CCCCOC(=O)[C@H]4[C@H]2C(=O)N([C@@H](CO)Cc2ccccc2)C3C1=O. The summed E-state index contributed by atoms with van der Waals surface area (Å²) >= 11 is 6.64. The summed E-state index contributed by atoms with van der Waals surface area (Å²) < 4.78 is 12.4. The normalized spacial score (nSPS) is 30.7. The van der Waals surface area contributed by atoms with Crippen molar-refractivity contribution in [1.29, 1.82) is 0 Å². The molecule has 2 aromatic rings. The Kier molecular flexibility index (Phi) is 7.96. The second-order valence-electron chi connectivity index (χ2n) is 11.5. The maximum atomic E-state index is 14.8. The van der Waals surface area contributed by atoms with Gasteiger partial charge in [0.1, 0.15) is 17.6 Å². The van der Waals surface area contributed by atoms with Gasteiger partial charge >= 0.3 is 5.97 Å². The summed E-state index contributed by atoms with van der Waals surface area (Å²) in [4.78, 5) is 46.0. The van der Waals surface area contributed by atoms with Gasteiger partial charge in [-0.25, -0.2) is 0 Å². The highest BCUT2D eigenvalue weighted by Crippen LogP contribution is 2.54. The predicted octanol–water partition coefficient (Wildman–Crippen LogP) is 4.02. The number of ether oxygens (including phenoxy) is 2. The number of fused-ring (bicyclic) bond motifs is 2. The van der Waals surface area contributed by atoms with Crippen molar-refractivity contribution in [2.75, 3.05) is 24.7 Å². The van der Waals surface area contributed by atoms with Gasteiger partial charge in [0.2, 0.25) is 5.91 Å². The number of benzene rings is 2. The summed E-state index contributed by atoms with van der Waals surface area (Å²) in [6.07, 6.45) is 9.41. The zero-order valence-corrected chi connectivity index (χ0v) is 24.3. The molecular formula is C33H35ClN2O6. The van der Waals surface area contributed by atoms with Crippen LogP contribution >= 0.6 is 11.6 Å². The van der Waals surface area contributed by atoms with Gasteiger partial charge in [0.15, 0.2) is 0 Å². The molecule has 2 aromatic carbocycles. The highest BCUT2D eigenvalue weighted by molar-refractivity contribution is 6.34. The molecule has 0 aliphatic carbocycles. The van der Waals surface area contributed by atoms with Crippen LogP contribution in [0.3, 0.4) is 0 Å². The zero-order chi connectivity index (χ0) is 29.4. The Morgan fingerprint density at radius 2 is 1.86 bits per heavy atom. The largest absolute Gasteiger partial charge is 0.465 e. The van der Waals surface area contributed by atoms with Crippen LogP contribution in [-0.2, 0) is 30.3 Å². The molecule has 0 aromatic heterocycles. The Morgan fingerprint density at radius 1 is 1.05 bits per heavy atom. The Morgan fingerprint density at radius 3 is 2.62 bits per heavy atom. The summed E-state index contributed by atoms with van der Waals surface area (Å²) in [5, 5.41) is 11.1. The fraction of sp³-hybridized carbons (Fsp3) is 0.424. The molecule has 1 N–H and O–H groups in total. The van der Waals surface area contributed by atoms with E-state index < -0.39 is 47.5 Å². The summed E-state index contributed by atoms with van der Waals surface area (Å²) in [5.41, 5.74) is 0.838. The highest BCUT2D eigenvalue weighted by atomic mass is 35.5. The molecule has 9 heteroatoms. The van der Waals surface area contributed by atoms with Crippen molar-refractivity contribution in [1.82, 2.24) is 4.90 Å². The summed E-state index contributed by atoms with van der Waals surface area (Å²) in [6, 6.07) is 13.1. The Bertz CT molecular complexity index is 1410. The lowest BCUT2D eigenvalue weighted by Gasteiger charge is -2.39. The quantitative estimate of drug-likeness (QED) is 0.417. The molecule has 0 radical (unpaired) electrons. The molecule has 1 unspecified atom stereocenters. The minimum absolute atomic E-state index is 0.206. The monoisotopic (exact) mass is 590 g/mol. The second-order valence-corrected chi connectivity index (χ2v) is 11.9. The van der Waals surface area contributed by atoms with E-state index in [1.807, 2.05) is 67.6 Å². The first-order valence-corrected chi connectivity index (χ1v) is 15.0. The van der Waals surface area contributed by atoms with Gasteiger partial charge in [-0.15, -0.1) is 0 Å². The van der Waals surface area contributed by atoms with Gasteiger partial charge in [0.25, 0.3) is 5.91 Å².